The van der Waals surface area contributed by atoms with Gasteiger partial charge in [0.2, 0.25) is 0 Å². The van der Waals surface area contributed by atoms with E-state index < -0.39 is 30.4 Å². The predicted molar refractivity (Wildman–Crippen MR) is 74.7 cm³/mol. The molecule has 0 fully saturated rings. The van der Waals surface area contributed by atoms with Crippen molar-refractivity contribution in [2.24, 2.45) is 14.0 Å². The van der Waals surface area contributed by atoms with Crippen molar-refractivity contribution in [2.45, 2.75) is 32.7 Å². The molecule has 20 heavy (non-hydrogen) atoms. The summed E-state index contributed by atoms with van der Waals surface area (Å²) in [6.07, 6.45) is -1.15. The van der Waals surface area contributed by atoms with Crippen LogP contribution in [0.4, 0.5) is 0 Å². The number of imidazole rings is 1. The minimum absolute atomic E-state index is 0.0403. The molecule has 2 rings (SSSR count). The maximum absolute atomic E-state index is 12.6. The van der Waals surface area contributed by atoms with Crippen molar-refractivity contribution in [3.63, 3.8) is 0 Å². The molecule has 0 amide bonds. The number of hydrogen-bond acceptors (Lipinski definition) is 4. The van der Waals surface area contributed by atoms with Gasteiger partial charge in [0.1, 0.15) is 5.78 Å². The zero-order valence-electron chi connectivity index (χ0n) is 16.2. The summed E-state index contributed by atoms with van der Waals surface area (Å²) in [5, 5.41) is 0. The van der Waals surface area contributed by atoms with Gasteiger partial charge in [0.25, 0.3) is 5.56 Å². The van der Waals surface area contributed by atoms with Gasteiger partial charge in [-0.15, -0.1) is 0 Å². The third kappa shape index (κ3) is 2.43. The number of hydrogen-bond donors (Lipinski definition) is 0. The molecule has 0 radical (unpaired) electrons. The monoisotopic (exact) mass is 283 g/mol. The minimum atomic E-state index is -2.63. The van der Waals surface area contributed by atoms with Gasteiger partial charge in [-0.05, 0) is 19.8 Å². The maximum Gasteiger partial charge on any atom is 0.332 e. The highest BCUT2D eigenvalue weighted by molar-refractivity contribution is 5.75. The summed E-state index contributed by atoms with van der Waals surface area (Å²) in [5.74, 6) is -0.635. The first kappa shape index (κ1) is 8.89. The molecule has 0 saturated heterocycles. The summed E-state index contributed by atoms with van der Waals surface area (Å²) < 4.78 is 40.2. The molecule has 7 nitrogen and oxygen atoms in total. The fraction of sp³-hybridized carbons (Fsp3) is 0.538. The minimum Gasteiger partial charge on any atom is -0.328 e. The van der Waals surface area contributed by atoms with E-state index in [-0.39, 0.29) is 30.6 Å². The third-order valence-corrected chi connectivity index (χ3v) is 2.96. The summed E-state index contributed by atoms with van der Waals surface area (Å²) in [6, 6.07) is 0. The highest BCUT2D eigenvalue weighted by atomic mass is 16.2. The molecule has 0 unspecified atom stereocenters. The molecule has 0 spiro atoms. The van der Waals surface area contributed by atoms with E-state index in [1.54, 1.807) is 0 Å². The number of aryl methyl sites for hydroxylation is 2. The number of carbonyl (C=O) groups is 1. The van der Waals surface area contributed by atoms with Crippen LogP contribution in [0.5, 0.6) is 0 Å². The van der Waals surface area contributed by atoms with E-state index >= 15 is 0 Å². The average Bonchev–Trinajstić information content (AvgIpc) is 2.93. The van der Waals surface area contributed by atoms with Gasteiger partial charge in [0.05, 0.1) is 6.33 Å². The number of nitrogens with zero attached hydrogens (tertiary/aromatic N) is 4. The van der Waals surface area contributed by atoms with Gasteiger partial charge in [-0.2, -0.15) is 0 Å². The maximum atomic E-state index is 12.6. The first-order valence-corrected chi connectivity index (χ1v) is 6.06. The molecular formula is C13H18N4O3. The Morgan fingerprint density at radius 1 is 1.45 bits per heavy atom. The lowest BCUT2D eigenvalue weighted by Crippen LogP contribution is -2.39. The second-order valence-electron chi connectivity index (χ2n) is 4.42. The van der Waals surface area contributed by atoms with Crippen molar-refractivity contribution in [1.29, 1.82) is 0 Å². The van der Waals surface area contributed by atoms with Crippen molar-refractivity contribution in [3.05, 3.63) is 27.2 Å². The highest BCUT2D eigenvalue weighted by Crippen LogP contribution is 2.04. The SMILES string of the molecule is [2H]C([2H])(CCCn1c(=O)c2c(ncn2C([2H])([2H])[2H])n(C)c1=O)C(C)=O. The average molecular weight is 283 g/mol. The zero-order valence-corrected chi connectivity index (χ0v) is 11.2. The fourth-order valence-electron chi connectivity index (χ4n) is 1.97. The largest absolute Gasteiger partial charge is 0.332 e. The molecule has 2 aromatic heterocycles. The standard InChI is InChI=1S/C13H18N4O3/c1-9(18)6-4-5-7-17-12(19)10-11(14-8-15(10)2)16(3)13(17)20/h8H,4-7H2,1-3H3/i2D3,6D2. The lowest BCUT2D eigenvalue weighted by atomic mass is 10.2. The van der Waals surface area contributed by atoms with E-state index in [0.717, 1.165) is 27.0 Å². The fourth-order valence-corrected chi connectivity index (χ4v) is 1.97. The Morgan fingerprint density at radius 2 is 2.20 bits per heavy atom. The molecule has 2 aromatic rings. The Labute approximate surface area is 122 Å². The summed E-state index contributed by atoms with van der Waals surface area (Å²) in [7, 11) is 1.37. The van der Waals surface area contributed by atoms with Crippen molar-refractivity contribution in [2.75, 3.05) is 0 Å². The van der Waals surface area contributed by atoms with Crippen LogP contribution in [-0.4, -0.2) is 24.5 Å². The van der Waals surface area contributed by atoms with Crippen LogP contribution in [0.15, 0.2) is 15.9 Å². The number of ketones is 1. The topological polar surface area (TPSA) is 78.9 Å². The van der Waals surface area contributed by atoms with Crippen LogP contribution < -0.4 is 11.2 Å². The van der Waals surface area contributed by atoms with Gasteiger partial charge in [0.15, 0.2) is 11.2 Å². The smallest absolute Gasteiger partial charge is 0.328 e. The van der Waals surface area contributed by atoms with Crippen LogP contribution in [0.3, 0.4) is 0 Å². The zero-order chi connectivity index (χ0) is 19.2. The van der Waals surface area contributed by atoms with Crippen molar-refractivity contribution in [1.82, 2.24) is 18.7 Å². The molecule has 108 valence electrons. The first-order chi connectivity index (χ1) is 11.4. The van der Waals surface area contributed by atoms with Crippen molar-refractivity contribution in [3.8, 4) is 0 Å². The van der Waals surface area contributed by atoms with Gasteiger partial charge in [-0.1, -0.05) is 0 Å². The molecular weight excluding hydrogens is 260 g/mol. The first-order valence-electron chi connectivity index (χ1n) is 8.56. The molecule has 0 saturated carbocycles. The van der Waals surface area contributed by atoms with E-state index in [4.69, 9.17) is 6.85 Å². The van der Waals surface area contributed by atoms with E-state index in [1.807, 2.05) is 0 Å². The molecule has 2 heterocycles. The Morgan fingerprint density at radius 3 is 2.85 bits per heavy atom. The summed E-state index contributed by atoms with van der Waals surface area (Å²) in [6.45, 7) is -1.64. The number of Topliss-reactive ketones (excluding diaryl/α,β-unsaturated/α-hetero) is 1. The Bertz CT molecular complexity index is 938. The summed E-state index contributed by atoms with van der Waals surface area (Å²) in [4.78, 5) is 40.0. The van der Waals surface area contributed by atoms with Crippen molar-refractivity contribution >= 4 is 16.9 Å². The van der Waals surface area contributed by atoms with E-state index in [0.29, 0.717) is 0 Å². The van der Waals surface area contributed by atoms with Crippen LogP contribution in [0, 0.1) is 0 Å². The van der Waals surface area contributed by atoms with Crippen LogP contribution in [0.2, 0.25) is 0 Å². The second-order valence-corrected chi connectivity index (χ2v) is 4.42. The number of carbonyl (C=O) groups excluding carboxylic acids is 1. The Hall–Kier alpha value is -2.18. The number of fused-ring (bicyclic) bond motifs is 1. The quantitative estimate of drug-likeness (QED) is 0.785. The van der Waals surface area contributed by atoms with Gasteiger partial charge in [-0.25, -0.2) is 9.78 Å². The van der Waals surface area contributed by atoms with Crippen LogP contribution in [-0.2, 0) is 25.4 Å². The second kappa shape index (κ2) is 5.44. The summed E-state index contributed by atoms with van der Waals surface area (Å²) in [5.41, 5.74) is -1.76. The van der Waals surface area contributed by atoms with Gasteiger partial charge in [-0.3, -0.25) is 13.9 Å². The highest BCUT2D eigenvalue weighted by Gasteiger charge is 2.14. The lowest BCUT2D eigenvalue weighted by Gasteiger charge is -2.08. The number of aromatic nitrogens is 4. The lowest BCUT2D eigenvalue weighted by molar-refractivity contribution is -0.117. The molecule has 0 aliphatic heterocycles. The molecule has 0 atom stereocenters. The van der Waals surface area contributed by atoms with Gasteiger partial charge < -0.3 is 9.36 Å². The normalized spacial score (nSPS) is 16.2. The summed E-state index contributed by atoms with van der Waals surface area (Å²) >= 11 is 0. The van der Waals surface area contributed by atoms with E-state index in [9.17, 15) is 14.4 Å². The molecule has 0 aromatic carbocycles. The molecule has 0 aliphatic carbocycles. The van der Waals surface area contributed by atoms with Crippen LogP contribution >= 0.6 is 0 Å². The third-order valence-electron chi connectivity index (χ3n) is 2.96. The number of rotatable bonds is 5. The molecule has 0 bridgehead atoms. The predicted octanol–water partition coefficient (Wildman–Crippen LogP) is 0.193. The van der Waals surface area contributed by atoms with Gasteiger partial charge >= 0.3 is 5.69 Å². The molecule has 0 aliphatic rings. The van der Waals surface area contributed by atoms with E-state index in [2.05, 4.69) is 4.98 Å². The van der Waals surface area contributed by atoms with Crippen LogP contribution in [0.1, 0.15) is 33.0 Å². The van der Waals surface area contributed by atoms with Crippen LogP contribution in [0.25, 0.3) is 11.2 Å². The Balaban J connectivity index is 2.49. The molecule has 7 heteroatoms. The van der Waals surface area contributed by atoms with E-state index in [1.165, 1.54) is 7.05 Å². The molecule has 0 N–H and O–H groups in total. The van der Waals surface area contributed by atoms with Crippen molar-refractivity contribution < 1.29 is 11.6 Å². The Kier molecular flexibility index (Phi) is 2.42. The van der Waals surface area contributed by atoms with Gasteiger partial charge in [0, 0.05) is 33.8 Å².